The second kappa shape index (κ2) is 12.4. The lowest BCUT2D eigenvalue weighted by Crippen LogP contribution is -1.92. The Bertz CT molecular complexity index is 1860. The zero-order valence-electron chi connectivity index (χ0n) is 21.5. The first-order chi connectivity index (χ1) is 20.5. The third-order valence-electron chi connectivity index (χ3n) is 7.00. The number of hydrogen-bond donors (Lipinski definition) is 0. The molecular weight excluding hydrogens is 856 g/mol. The average Bonchev–Trinajstić information content (AvgIpc) is 3.82. The number of hydrogen-bond acceptors (Lipinski definition) is 4. The Morgan fingerprint density at radius 3 is 0.857 bits per heavy atom. The van der Waals surface area contributed by atoms with E-state index in [4.69, 9.17) is 0 Å². The van der Waals surface area contributed by atoms with Gasteiger partial charge in [-0.1, -0.05) is 88.0 Å². The maximum atomic E-state index is 3.95. The van der Waals surface area contributed by atoms with Gasteiger partial charge in [0.05, 0.1) is 0 Å². The van der Waals surface area contributed by atoms with Gasteiger partial charge in [0.25, 0.3) is 0 Å². The molecule has 42 heavy (non-hydrogen) atoms. The molecular formula is C34H18Br4S4. The standard InChI is InChI=1S/C34H18Br4S4/c35-27-16-25(33-7-3-11-41-33)23(31-5-1-9-39-31)14-21(27)19-13-20(30(38)18-29(19)37)22-15-24(32-6-2-10-40-32)26(17-28(22)36)34-8-4-12-42-34/h1-18H. The van der Waals surface area contributed by atoms with E-state index in [1.165, 1.54) is 41.8 Å². The van der Waals surface area contributed by atoms with E-state index in [1.54, 1.807) is 45.3 Å². The Morgan fingerprint density at radius 2 is 0.571 bits per heavy atom. The molecule has 0 nitrogen and oxygen atoms in total. The molecule has 206 valence electrons. The van der Waals surface area contributed by atoms with Crippen LogP contribution in [0, 0.1) is 0 Å². The Kier molecular flexibility index (Phi) is 8.60. The molecule has 0 atom stereocenters. The highest BCUT2D eigenvalue weighted by Gasteiger charge is 2.20. The van der Waals surface area contributed by atoms with Crippen LogP contribution in [0.2, 0.25) is 0 Å². The fourth-order valence-corrected chi connectivity index (χ4v) is 10.6. The van der Waals surface area contributed by atoms with E-state index < -0.39 is 0 Å². The lowest BCUT2D eigenvalue weighted by Gasteiger charge is -2.18. The molecule has 0 aliphatic carbocycles. The molecule has 0 fully saturated rings. The maximum Gasteiger partial charge on any atom is 0.0349 e. The van der Waals surface area contributed by atoms with Crippen LogP contribution in [0.15, 0.2) is 124 Å². The minimum Gasteiger partial charge on any atom is -0.144 e. The van der Waals surface area contributed by atoms with E-state index in [2.05, 4.69) is 170 Å². The largest absolute Gasteiger partial charge is 0.144 e. The van der Waals surface area contributed by atoms with Gasteiger partial charge in [-0.3, -0.25) is 0 Å². The predicted octanol–water partition coefficient (Wildman–Crippen LogP) is 15.0. The third-order valence-corrected chi connectivity index (χ3v) is 13.2. The quantitative estimate of drug-likeness (QED) is 0.156. The Hall–Kier alpha value is -1.62. The molecule has 0 saturated heterocycles. The van der Waals surface area contributed by atoms with Gasteiger partial charge in [0, 0.05) is 59.7 Å². The summed E-state index contributed by atoms with van der Waals surface area (Å²) in [6.07, 6.45) is 0. The summed E-state index contributed by atoms with van der Waals surface area (Å²) in [5.74, 6) is 0. The molecule has 0 aliphatic heterocycles. The van der Waals surface area contributed by atoms with Crippen molar-refractivity contribution >= 4 is 109 Å². The molecule has 8 heteroatoms. The van der Waals surface area contributed by atoms with Gasteiger partial charge >= 0.3 is 0 Å². The normalized spacial score (nSPS) is 11.3. The molecule has 0 amide bonds. The fraction of sp³-hybridized carbons (Fsp3) is 0. The van der Waals surface area contributed by atoms with Gasteiger partial charge in [0.15, 0.2) is 0 Å². The van der Waals surface area contributed by atoms with Crippen LogP contribution < -0.4 is 0 Å². The van der Waals surface area contributed by atoms with Gasteiger partial charge in [-0.25, -0.2) is 0 Å². The van der Waals surface area contributed by atoms with Crippen molar-refractivity contribution in [1.29, 1.82) is 0 Å². The van der Waals surface area contributed by atoms with Crippen molar-refractivity contribution in [2.45, 2.75) is 0 Å². The summed E-state index contributed by atoms with van der Waals surface area (Å²) in [5.41, 5.74) is 9.50. The summed E-state index contributed by atoms with van der Waals surface area (Å²) in [7, 11) is 0. The number of benzene rings is 3. The van der Waals surface area contributed by atoms with Crippen LogP contribution in [-0.4, -0.2) is 0 Å². The lowest BCUT2D eigenvalue weighted by molar-refractivity contribution is 1.51. The van der Waals surface area contributed by atoms with Crippen LogP contribution in [0.3, 0.4) is 0 Å². The van der Waals surface area contributed by atoms with Crippen LogP contribution in [0.25, 0.3) is 64.0 Å². The smallest absolute Gasteiger partial charge is 0.0349 e. The highest BCUT2D eigenvalue weighted by molar-refractivity contribution is 9.11. The topological polar surface area (TPSA) is 0 Å². The van der Waals surface area contributed by atoms with Crippen molar-refractivity contribution in [3.8, 4) is 64.0 Å². The minimum absolute atomic E-state index is 1.03. The van der Waals surface area contributed by atoms with Crippen LogP contribution >= 0.6 is 109 Å². The summed E-state index contributed by atoms with van der Waals surface area (Å²) < 4.78 is 4.19. The second-order valence-corrected chi connectivity index (χ2v) is 16.7. The summed E-state index contributed by atoms with van der Waals surface area (Å²) in [6.45, 7) is 0. The molecule has 7 rings (SSSR count). The van der Waals surface area contributed by atoms with Gasteiger partial charge in [-0.2, -0.15) is 0 Å². The molecule has 3 aromatic carbocycles. The number of rotatable bonds is 6. The molecule has 0 radical (unpaired) electrons. The van der Waals surface area contributed by atoms with Gasteiger partial charge in [-0.05, 0) is 104 Å². The highest BCUT2D eigenvalue weighted by atomic mass is 79.9. The SMILES string of the molecule is Brc1cc(Br)c(-c2cc(-c3cccs3)c(-c3cccs3)cc2Br)cc1-c1cc(-c2cccs2)c(-c2cccs2)cc1Br. The van der Waals surface area contributed by atoms with Crippen LogP contribution in [0.4, 0.5) is 0 Å². The Morgan fingerprint density at radius 1 is 0.310 bits per heavy atom. The molecule has 0 aliphatic rings. The van der Waals surface area contributed by atoms with Gasteiger partial charge in [0.2, 0.25) is 0 Å². The van der Waals surface area contributed by atoms with E-state index in [9.17, 15) is 0 Å². The van der Waals surface area contributed by atoms with Crippen molar-refractivity contribution in [2.75, 3.05) is 0 Å². The monoisotopic (exact) mass is 870 g/mol. The first kappa shape index (κ1) is 29.1. The molecule has 4 aromatic heterocycles. The summed E-state index contributed by atoms with van der Waals surface area (Å²) in [4.78, 5) is 5.04. The van der Waals surface area contributed by atoms with E-state index >= 15 is 0 Å². The molecule has 7 aromatic rings. The van der Waals surface area contributed by atoms with E-state index in [1.807, 2.05) is 0 Å². The number of thiophene rings is 4. The first-order valence-corrected chi connectivity index (χ1v) is 19.5. The van der Waals surface area contributed by atoms with E-state index in [-0.39, 0.29) is 0 Å². The zero-order chi connectivity index (χ0) is 28.8. The maximum absolute atomic E-state index is 3.95. The van der Waals surface area contributed by atoms with Gasteiger partial charge < -0.3 is 0 Å². The second-order valence-electron chi connectivity index (χ2n) is 9.48. The fourth-order valence-electron chi connectivity index (χ4n) is 5.06. The molecule has 0 unspecified atom stereocenters. The van der Waals surface area contributed by atoms with Crippen LogP contribution in [-0.2, 0) is 0 Å². The summed E-state index contributed by atoms with van der Waals surface area (Å²) in [5, 5.41) is 8.56. The van der Waals surface area contributed by atoms with Crippen molar-refractivity contribution in [3.63, 3.8) is 0 Å². The molecule has 4 heterocycles. The van der Waals surface area contributed by atoms with E-state index in [0.29, 0.717) is 0 Å². The summed E-state index contributed by atoms with van der Waals surface area (Å²) in [6, 6.07) is 30.9. The van der Waals surface area contributed by atoms with Crippen LogP contribution in [0.1, 0.15) is 0 Å². The highest BCUT2D eigenvalue weighted by Crippen LogP contribution is 2.48. The molecule has 0 saturated carbocycles. The van der Waals surface area contributed by atoms with Gasteiger partial charge in [-0.15, -0.1) is 45.3 Å². The van der Waals surface area contributed by atoms with Crippen LogP contribution in [0.5, 0.6) is 0 Å². The summed E-state index contributed by atoms with van der Waals surface area (Å²) >= 11 is 22.8. The van der Waals surface area contributed by atoms with Crippen molar-refractivity contribution in [3.05, 3.63) is 124 Å². The first-order valence-electron chi connectivity index (χ1n) is 12.8. The Labute approximate surface area is 294 Å². The van der Waals surface area contributed by atoms with E-state index in [0.717, 1.165) is 40.1 Å². The minimum atomic E-state index is 1.03. The molecule has 0 spiro atoms. The zero-order valence-corrected chi connectivity index (χ0v) is 31.1. The molecule has 0 bridgehead atoms. The number of halogens is 4. The van der Waals surface area contributed by atoms with Crippen molar-refractivity contribution < 1.29 is 0 Å². The average molecular weight is 874 g/mol. The predicted molar refractivity (Wildman–Crippen MR) is 201 cm³/mol. The lowest BCUT2D eigenvalue weighted by atomic mass is 9.93. The van der Waals surface area contributed by atoms with Crippen molar-refractivity contribution in [1.82, 2.24) is 0 Å². The molecule has 0 N–H and O–H groups in total. The van der Waals surface area contributed by atoms with Crippen molar-refractivity contribution in [2.24, 2.45) is 0 Å². The third kappa shape index (κ3) is 5.54. The van der Waals surface area contributed by atoms with Gasteiger partial charge in [0.1, 0.15) is 0 Å². The Balaban J connectivity index is 1.43.